The first-order chi connectivity index (χ1) is 19.9. The molecule has 0 bridgehead atoms. The number of amides is 1. The van der Waals surface area contributed by atoms with Gasteiger partial charge in [-0.2, -0.15) is 0 Å². The zero-order chi connectivity index (χ0) is 28.8. The maximum Gasteiger partial charge on any atom is 0.301 e. The Bertz CT molecular complexity index is 1870. The highest BCUT2D eigenvalue weighted by Gasteiger charge is 2.49. The van der Waals surface area contributed by atoms with Crippen LogP contribution in [0, 0.1) is 6.92 Å². The van der Waals surface area contributed by atoms with Crippen molar-refractivity contribution in [3.05, 3.63) is 83.3 Å². The molecule has 41 heavy (non-hydrogen) atoms. The van der Waals surface area contributed by atoms with E-state index in [0.717, 1.165) is 4.70 Å². The summed E-state index contributed by atoms with van der Waals surface area (Å²) in [6.45, 7) is 4.15. The summed E-state index contributed by atoms with van der Waals surface area (Å²) in [6.07, 6.45) is 1.75. The van der Waals surface area contributed by atoms with Gasteiger partial charge < -0.3 is 19.3 Å². The van der Waals surface area contributed by atoms with Crippen LogP contribution in [0.4, 0.5) is 5.13 Å². The summed E-state index contributed by atoms with van der Waals surface area (Å²) in [5, 5.41) is 12.1. The minimum atomic E-state index is -1.00. The lowest BCUT2D eigenvalue weighted by atomic mass is 9.96. The summed E-state index contributed by atoms with van der Waals surface area (Å²) in [6, 6.07) is 15.0. The molecule has 1 unspecified atom stereocenters. The van der Waals surface area contributed by atoms with Gasteiger partial charge in [-0.3, -0.25) is 18.9 Å². The number of ether oxygens (including phenoxy) is 3. The van der Waals surface area contributed by atoms with Crippen molar-refractivity contribution >= 4 is 49.8 Å². The van der Waals surface area contributed by atoms with Gasteiger partial charge in [0.15, 0.2) is 22.4 Å². The van der Waals surface area contributed by atoms with Gasteiger partial charge in [-0.15, -0.1) is 0 Å². The first-order valence-electron chi connectivity index (χ1n) is 12.9. The van der Waals surface area contributed by atoms with E-state index in [1.165, 1.54) is 30.5 Å². The number of ketones is 1. The number of benzene rings is 2. The van der Waals surface area contributed by atoms with Crippen LogP contribution in [-0.4, -0.2) is 52.0 Å². The molecule has 1 aliphatic heterocycles. The zero-order valence-electron chi connectivity index (χ0n) is 22.7. The van der Waals surface area contributed by atoms with Gasteiger partial charge >= 0.3 is 5.91 Å². The number of hydrogen-bond acceptors (Lipinski definition) is 9. The standard InChI is InChI=1S/C30H26N4O6S/c1-5-40-18-10-11-19-22(15-18)41-30(32-19)34-26(17-9-12-20(38-3)21(14-17)39-4)24(28(36)29(34)37)27(35)25-16(2)31-23-8-6-7-13-33(23)25/h6-15,26,35H,5H2,1-4H3/b27-24+. The number of pyridine rings is 1. The van der Waals surface area contributed by atoms with E-state index in [4.69, 9.17) is 19.2 Å². The van der Waals surface area contributed by atoms with E-state index in [1.807, 2.05) is 31.2 Å². The summed E-state index contributed by atoms with van der Waals surface area (Å²) >= 11 is 1.26. The van der Waals surface area contributed by atoms with Crippen molar-refractivity contribution in [3.8, 4) is 17.2 Å². The molecule has 0 spiro atoms. The lowest BCUT2D eigenvalue weighted by molar-refractivity contribution is -0.132. The highest BCUT2D eigenvalue weighted by atomic mass is 32.1. The van der Waals surface area contributed by atoms with E-state index in [9.17, 15) is 14.7 Å². The molecule has 10 nitrogen and oxygen atoms in total. The van der Waals surface area contributed by atoms with Crippen LogP contribution in [0.25, 0.3) is 21.6 Å². The number of thiazole rings is 1. The van der Waals surface area contributed by atoms with Crippen molar-refractivity contribution in [2.24, 2.45) is 0 Å². The van der Waals surface area contributed by atoms with Crippen LogP contribution in [0.5, 0.6) is 17.2 Å². The number of Topliss-reactive ketones (excluding diaryl/α,β-unsaturated/α-hetero) is 1. The van der Waals surface area contributed by atoms with Crippen LogP contribution in [0.15, 0.2) is 66.4 Å². The van der Waals surface area contributed by atoms with Gasteiger partial charge in [-0.1, -0.05) is 23.5 Å². The van der Waals surface area contributed by atoms with Crippen LogP contribution < -0.4 is 19.1 Å². The third-order valence-corrected chi connectivity index (χ3v) is 7.98. The molecule has 0 radical (unpaired) electrons. The molecule has 4 heterocycles. The number of fused-ring (bicyclic) bond motifs is 2. The molecular formula is C30H26N4O6S. The molecule has 6 rings (SSSR count). The van der Waals surface area contributed by atoms with Gasteiger partial charge in [0.1, 0.15) is 17.1 Å². The fourth-order valence-electron chi connectivity index (χ4n) is 5.15. The highest BCUT2D eigenvalue weighted by molar-refractivity contribution is 7.22. The molecule has 2 aromatic carbocycles. The summed E-state index contributed by atoms with van der Waals surface area (Å²) in [5.74, 6) is -0.399. The molecule has 1 saturated heterocycles. The number of aromatic nitrogens is 3. The molecular weight excluding hydrogens is 544 g/mol. The smallest absolute Gasteiger partial charge is 0.301 e. The number of imidazole rings is 1. The Labute approximate surface area is 239 Å². The largest absolute Gasteiger partial charge is 0.505 e. The van der Waals surface area contributed by atoms with E-state index < -0.39 is 17.7 Å². The molecule has 0 aliphatic carbocycles. The molecule has 1 N–H and O–H groups in total. The van der Waals surface area contributed by atoms with Crippen LogP contribution in [0.3, 0.4) is 0 Å². The van der Waals surface area contributed by atoms with Gasteiger partial charge in [0.2, 0.25) is 0 Å². The summed E-state index contributed by atoms with van der Waals surface area (Å²) < 4.78 is 19.0. The zero-order valence-corrected chi connectivity index (χ0v) is 23.6. The number of hydrogen-bond donors (Lipinski definition) is 1. The van der Waals surface area contributed by atoms with E-state index in [0.29, 0.717) is 57.1 Å². The number of methoxy groups -OCH3 is 2. The Morgan fingerprint density at radius 1 is 1.02 bits per heavy atom. The first kappa shape index (κ1) is 26.3. The number of aliphatic hydroxyl groups excluding tert-OH is 1. The Balaban J connectivity index is 1.59. The minimum absolute atomic E-state index is 0.0785. The molecule has 0 saturated carbocycles. The lowest BCUT2D eigenvalue weighted by Gasteiger charge is -2.23. The van der Waals surface area contributed by atoms with Crippen molar-refractivity contribution in [1.29, 1.82) is 0 Å². The molecule has 1 amide bonds. The Kier molecular flexibility index (Phi) is 6.58. The fraction of sp³-hybridized carbons (Fsp3) is 0.200. The third-order valence-electron chi connectivity index (χ3n) is 6.96. The van der Waals surface area contributed by atoms with Gasteiger partial charge in [0, 0.05) is 6.20 Å². The average molecular weight is 571 g/mol. The molecule has 1 fully saturated rings. The predicted molar refractivity (Wildman–Crippen MR) is 155 cm³/mol. The maximum absolute atomic E-state index is 13.8. The second kappa shape index (κ2) is 10.3. The number of aryl methyl sites for hydroxylation is 1. The molecule has 5 aromatic rings. The molecule has 11 heteroatoms. The Hall–Kier alpha value is -4.90. The fourth-order valence-corrected chi connectivity index (χ4v) is 6.17. The maximum atomic E-state index is 13.8. The second-order valence-electron chi connectivity index (χ2n) is 9.32. The number of aliphatic hydroxyl groups is 1. The Morgan fingerprint density at radius 2 is 1.83 bits per heavy atom. The van der Waals surface area contributed by atoms with Crippen LogP contribution in [-0.2, 0) is 9.59 Å². The van der Waals surface area contributed by atoms with Gasteiger partial charge in [-0.25, -0.2) is 9.97 Å². The molecule has 1 atom stereocenters. The van der Waals surface area contributed by atoms with E-state index in [2.05, 4.69) is 4.98 Å². The van der Waals surface area contributed by atoms with Crippen molar-refractivity contribution < 1.29 is 28.9 Å². The molecule has 1 aliphatic rings. The lowest BCUT2D eigenvalue weighted by Crippen LogP contribution is -2.29. The van der Waals surface area contributed by atoms with Crippen LogP contribution in [0.1, 0.15) is 29.9 Å². The first-order valence-corrected chi connectivity index (χ1v) is 13.7. The van der Waals surface area contributed by atoms with Crippen LogP contribution >= 0.6 is 11.3 Å². The average Bonchev–Trinajstić information content (AvgIpc) is 3.63. The van der Waals surface area contributed by atoms with E-state index in [1.54, 1.807) is 47.9 Å². The van der Waals surface area contributed by atoms with Crippen molar-refractivity contribution in [2.75, 3.05) is 25.7 Å². The van der Waals surface area contributed by atoms with Crippen LogP contribution in [0.2, 0.25) is 0 Å². The SMILES string of the molecule is CCOc1ccc2nc(N3C(=O)C(=O)/C(=C(/O)c4c(C)nc5ccccn45)C3c3ccc(OC)c(OC)c3)sc2c1. The second-order valence-corrected chi connectivity index (χ2v) is 10.3. The number of carbonyl (C=O) groups excluding carboxylic acids is 2. The van der Waals surface area contributed by atoms with Gasteiger partial charge in [0.05, 0.1) is 48.4 Å². The number of anilines is 1. The van der Waals surface area contributed by atoms with Crippen molar-refractivity contribution in [1.82, 2.24) is 14.4 Å². The van der Waals surface area contributed by atoms with Crippen molar-refractivity contribution in [3.63, 3.8) is 0 Å². The highest BCUT2D eigenvalue weighted by Crippen LogP contribution is 2.46. The Morgan fingerprint density at radius 3 is 2.59 bits per heavy atom. The van der Waals surface area contributed by atoms with Crippen molar-refractivity contribution in [2.45, 2.75) is 19.9 Å². The monoisotopic (exact) mass is 570 g/mol. The topological polar surface area (TPSA) is 115 Å². The van der Waals surface area contributed by atoms with Gasteiger partial charge in [-0.05, 0) is 61.9 Å². The summed E-state index contributed by atoms with van der Waals surface area (Å²) in [5.41, 5.74) is 2.54. The number of rotatable bonds is 7. The summed E-state index contributed by atoms with van der Waals surface area (Å²) in [7, 11) is 3.03. The van der Waals surface area contributed by atoms with Gasteiger partial charge in [0.25, 0.3) is 5.78 Å². The third kappa shape index (κ3) is 4.25. The summed E-state index contributed by atoms with van der Waals surface area (Å²) in [4.78, 5) is 38.0. The predicted octanol–water partition coefficient (Wildman–Crippen LogP) is 5.29. The van der Waals surface area contributed by atoms with E-state index >= 15 is 0 Å². The minimum Gasteiger partial charge on any atom is -0.505 e. The van der Waals surface area contributed by atoms with E-state index in [-0.39, 0.29) is 11.3 Å². The quantitative estimate of drug-likeness (QED) is 0.159. The molecule has 208 valence electrons. The number of carbonyl (C=O) groups is 2. The number of nitrogens with zero attached hydrogens (tertiary/aromatic N) is 4. The molecule has 3 aromatic heterocycles. The normalized spacial score (nSPS) is 16.6.